The van der Waals surface area contributed by atoms with Crippen LogP contribution in [0.5, 0.6) is 11.5 Å². The van der Waals surface area contributed by atoms with Crippen LogP contribution in [0.15, 0.2) is 59.3 Å². The van der Waals surface area contributed by atoms with E-state index in [0.717, 1.165) is 5.56 Å². The monoisotopic (exact) mass is 307 g/mol. The van der Waals surface area contributed by atoms with Crippen LogP contribution in [0, 0.1) is 11.3 Å². The molecule has 6 nitrogen and oxygen atoms in total. The summed E-state index contributed by atoms with van der Waals surface area (Å²) in [6, 6.07) is 16.4. The fraction of sp³-hybridized carbons (Fsp3) is 0.118. The highest BCUT2D eigenvalue weighted by atomic mass is 16.5. The van der Waals surface area contributed by atoms with Crippen molar-refractivity contribution < 1.29 is 13.9 Å². The summed E-state index contributed by atoms with van der Waals surface area (Å²) in [5, 5.41) is 16.2. The molecule has 3 rings (SSSR count). The van der Waals surface area contributed by atoms with Crippen molar-refractivity contribution in [2.45, 2.75) is 0 Å². The van der Waals surface area contributed by atoms with Crippen molar-refractivity contribution in [2.75, 3.05) is 13.2 Å². The van der Waals surface area contributed by atoms with Crippen LogP contribution in [0.3, 0.4) is 0 Å². The smallest absolute Gasteiger partial charge is 0.247 e. The normalized spacial score (nSPS) is 10.0. The molecule has 0 saturated carbocycles. The SMILES string of the molecule is N#Cc1ccc(OCCOc2cccc(-c3nnco3)c2)cc1. The summed E-state index contributed by atoms with van der Waals surface area (Å²) in [5.41, 5.74) is 1.40. The van der Waals surface area contributed by atoms with Gasteiger partial charge in [-0.05, 0) is 42.5 Å². The van der Waals surface area contributed by atoms with Gasteiger partial charge >= 0.3 is 0 Å². The molecule has 1 heterocycles. The van der Waals surface area contributed by atoms with Gasteiger partial charge in [-0.1, -0.05) is 6.07 Å². The Hall–Kier alpha value is -3.33. The number of nitrogens with zero attached hydrogens (tertiary/aromatic N) is 3. The third-order valence-corrected chi connectivity index (χ3v) is 3.05. The number of rotatable bonds is 6. The van der Waals surface area contributed by atoms with Gasteiger partial charge < -0.3 is 13.9 Å². The molecule has 0 saturated heterocycles. The zero-order chi connectivity index (χ0) is 15.9. The van der Waals surface area contributed by atoms with E-state index in [9.17, 15) is 0 Å². The average Bonchev–Trinajstić information content (AvgIpc) is 3.14. The summed E-state index contributed by atoms with van der Waals surface area (Å²) in [6.07, 6.45) is 1.29. The average molecular weight is 307 g/mol. The molecule has 114 valence electrons. The molecule has 0 radical (unpaired) electrons. The highest BCUT2D eigenvalue weighted by Crippen LogP contribution is 2.21. The Bertz CT molecular complexity index is 793. The van der Waals surface area contributed by atoms with E-state index in [0.29, 0.717) is 36.2 Å². The summed E-state index contributed by atoms with van der Waals surface area (Å²) in [6.45, 7) is 0.796. The van der Waals surface area contributed by atoms with Crippen LogP contribution in [-0.4, -0.2) is 23.4 Å². The van der Waals surface area contributed by atoms with Gasteiger partial charge in [0.25, 0.3) is 0 Å². The maximum Gasteiger partial charge on any atom is 0.247 e. The number of benzene rings is 2. The lowest BCUT2D eigenvalue weighted by Gasteiger charge is -2.09. The first-order valence-corrected chi connectivity index (χ1v) is 6.97. The first-order valence-electron chi connectivity index (χ1n) is 6.97. The molecule has 1 aromatic heterocycles. The highest BCUT2D eigenvalue weighted by Gasteiger charge is 2.04. The van der Waals surface area contributed by atoms with Gasteiger partial charge in [-0.25, -0.2) is 0 Å². The molecule has 0 fully saturated rings. The fourth-order valence-corrected chi connectivity index (χ4v) is 1.96. The van der Waals surface area contributed by atoms with Gasteiger partial charge in [0.15, 0.2) is 0 Å². The van der Waals surface area contributed by atoms with Crippen molar-refractivity contribution in [3.63, 3.8) is 0 Å². The Labute approximate surface area is 132 Å². The molecular weight excluding hydrogens is 294 g/mol. The van der Waals surface area contributed by atoms with Crippen LogP contribution < -0.4 is 9.47 Å². The second kappa shape index (κ2) is 7.09. The van der Waals surface area contributed by atoms with Crippen molar-refractivity contribution in [1.82, 2.24) is 10.2 Å². The number of hydrogen-bond donors (Lipinski definition) is 0. The van der Waals surface area contributed by atoms with Gasteiger partial charge in [-0.3, -0.25) is 0 Å². The maximum absolute atomic E-state index is 8.73. The Morgan fingerprint density at radius 3 is 2.48 bits per heavy atom. The molecule has 0 spiro atoms. The number of hydrogen-bond acceptors (Lipinski definition) is 6. The number of nitriles is 1. The lowest BCUT2D eigenvalue weighted by atomic mass is 10.2. The van der Waals surface area contributed by atoms with E-state index in [1.807, 2.05) is 24.3 Å². The van der Waals surface area contributed by atoms with Crippen molar-refractivity contribution in [1.29, 1.82) is 5.26 Å². The number of ether oxygens (including phenoxy) is 2. The zero-order valence-corrected chi connectivity index (χ0v) is 12.2. The molecule has 0 bridgehead atoms. The van der Waals surface area contributed by atoms with E-state index in [2.05, 4.69) is 16.3 Å². The summed E-state index contributed by atoms with van der Waals surface area (Å²) in [4.78, 5) is 0. The van der Waals surface area contributed by atoms with Gasteiger partial charge in [0.05, 0.1) is 11.6 Å². The third kappa shape index (κ3) is 3.86. The Kier molecular flexibility index (Phi) is 4.50. The van der Waals surface area contributed by atoms with Crippen molar-refractivity contribution in [3.05, 3.63) is 60.5 Å². The quantitative estimate of drug-likeness (QED) is 0.651. The predicted molar refractivity (Wildman–Crippen MR) is 81.9 cm³/mol. The summed E-state index contributed by atoms with van der Waals surface area (Å²) in [5.74, 6) is 1.85. The third-order valence-electron chi connectivity index (χ3n) is 3.05. The van der Waals surface area contributed by atoms with E-state index >= 15 is 0 Å². The van der Waals surface area contributed by atoms with Crippen LogP contribution >= 0.6 is 0 Å². The molecular formula is C17H13N3O3. The van der Waals surface area contributed by atoms with Gasteiger partial charge in [0.1, 0.15) is 24.7 Å². The minimum absolute atomic E-state index is 0.396. The predicted octanol–water partition coefficient (Wildman–Crippen LogP) is 3.07. The molecule has 0 N–H and O–H groups in total. The summed E-state index contributed by atoms with van der Waals surface area (Å²) < 4.78 is 16.4. The molecule has 3 aromatic rings. The topological polar surface area (TPSA) is 81.2 Å². The summed E-state index contributed by atoms with van der Waals surface area (Å²) >= 11 is 0. The molecule has 0 aliphatic carbocycles. The standard InChI is InChI=1S/C17H13N3O3/c18-11-13-4-6-15(7-5-13)21-8-9-22-16-3-1-2-14(10-16)17-20-19-12-23-17/h1-7,10,12H,8-9H2. The second-order valence-corrected chi connectivity index (χ2v) is 4.60. The number of aromatic nitrogens is 2. The van der Waals surface area contributed by atoms with Crippen molar-refractivity contribution in [3.8, 4) is 29.0 Å². The molecule has 0 amide bonds. The van der Waals surface area contributed by atoms with E-state index in [4.69, 9.17) is 19.2 Å². The lowest BCUT2D eigenvalue weighted by molar-refractivity contribution is 0.217. The second-order valence-electron chi connectivity index (χ2n) is 4.60. The Morgan fingerprint density at radius 2 is 1.78 bits per heavy atom. The first kappa shape index (κ1) is 14.6. The molecule has 0 unspecified atom stereocenters. The molecule has 0 aliphatic heterocycles. The van der Waals surface area contributed by atoms with Crippen molar-refractivity contribution in [2.24, 2.45) is 0 Å². The van der Waals surface area contributed by atoms with Gasteiger partial charge in [0.2, 0.25) is 12.3 Å². The maximum atomic E-state index is 8.73. The van der Waals surface area contributed by atoms with Crippen LogP contribution in [0.2, 0.25) is 0 Å². The van der Waals surface area contributed by atoms with Crippen molar-refractivity contribution >= 4 is 0 Å². The highest BCUT2D eigenvalue weighted by molar-refractivity contribution is 5.55. The van der Waals surface area contributed by atoms with E-state index in [1.165, 1.54) is 6.39 Å². The fourth-order valence-electron chi connectivity index (χ4n) is 1.96. The largest absolute Gasteiger partial charge is 0.490 e. The lowest BCUT2D eigenvalue weighted by Crippen LogP contribution is -2.08. The minimum Gasteiger partial charge on any atom is -0.490 e. The minimum atomic E-state index is 0.396. The molecule has 0 aliphatic rings. The van der Waals surface area contributed by atoms with E-state index < -0.39 is 0 Å². The van der Waals surface area contributed by atoms with Gasteiger partial charge in [-0.15, -0.1) is 10.2 Å². The Morgan fingerprint density at radius 1 is 1.00 bits per heavy atom. The summed E-state index contributed by atoms with van der Waals surface area (Å²) in [7, 11) is 0. The van der Waals surface area contributed by atoms with Gasteiger partial charge in [-0.2, -0.15) is 5.26 Å². The molecule has 0 atom stereocenters. The van der Waals surface area contributed by atoms with E-state index in [1.54, 1.807) is 24.3 Å². The first-order chi connectivity index (χ1) is 11.3. The molecule has 6 heteroatoms. The molecule has 2 aromatic carbocycles. The van der Waals surface area contributed by atoms with Crippen LogP contribution in [-0.2, 0) is 0 Å². The van der Waals surface area contributed by atoms with Crippen LogP contribution in [0.4, 0.5) is 0 Å². The van der Waals surface area contributed by atoms with Gasteiger partial charge in [0, 0.05) is 5.56 Å². The zero-order valence-electron chi connectivity index (χ0n) is 12.2. The van der Waals surface area contributed by atoms with Crippen LogP contribution in [0.25, 0.3) is 11.5 Å². The van der Waals surface area contributed by atoms with Crippen LogP contribution in [0.1, 0.15) is 5.56 Å². The Balaban J connectivity index is 1.51. The van der Waals surface area contributed by atoms with E-state index in [-0.39, 0.29) is 0 Å². The molecule has 23 heavy (non-hydrogen) atoms.